The van der Waals surface area contributed by atoms with Crippen LogP contribution in [0.2, 0.25) is 0 Å². The predicted octanol–water partition coefficient (Wildman–Crippen LogP) is 9.31. The first-order chi connectivity index (χ1) is 29.9. The summed E-state index contributed by atoms with van der Waals surface area (Å²) in [7, 11) is -5.11. The molecule has 0 aliphatic carbocycles. The van der Waals surface area contributed by atoms with Crippen molar-refractivity contribution < 1.29 is 57.0 Å². The molecule has 1 saturated heterocycles. The van der Waals surface area contributed by atoms with Gasteiger partial charge in [-0.25, -0.2) is 4.18 Å². The van der Waals surface area contributed by atoms with Crippen molar-refractivity contribution in [3.05, 3.63) is 12.2 Å². The zero-order chi connectivity index (χ0) is 45.7. The van der Waals surface area contributed by atoms with E-state index in [4.69, 9.17) is 9.47 Å². The second kappa shape index (κ2) is 39.0. The Balaban J connectivity index is 2.50. The molecular formula is C48H93NO12S. The molecule has 13 nitrogen and oxygen atoms in total. The van der Waals surface area contributed by atoms with Crippen LogP contribution < -0.4 is 5.32 Å². The van der Waals surface area contributed by atoms with Crippen molar-refractivity contribution in [2.45, 2.75) is 275 Å². The van der Waals surface area contributed by atoms with Crippen molar-refractivity contribution in [3.8, 4) is 0 Å². The Kier molecular flexibility index (Phi) is 37.0. The lowest BCUT2D eigenvalue weighted by Crippen LogP contribution is -2.61. The Morgan fingerprint density at radius 1 is 0.629 bits per heavy atom. The van der Waals surface area contributed by atoms with Gasteiger partial charge >= 0.3 is 10.4 Å². The molecule has 1 amide bonds. The fourth-order valence-electron chi connectivity index (χ4n) is 8.17. The minimum absolute atomic E-state index is 0.255. The predicted molar refractivity (Wildman–Crippen MR) is 247 cm³/mol. The number of amides is 1. The van der Waals surface area contributed by atoms with Crippen LogP contribution in [0.15, 0.2) is 12.2 Å². The van der Waals surface area contributed by atoms with E-state index in [0.717, 1.165) is 64.2 Å². The number of ether oxygens (including phenoxy) is 2. The lowest BCUT2D eigenvalue weighted by molar-refractivity contribution is -0.298. The molecule has 14 heteroatoms. The van der Waals surface area contributed by atoms with Crippen LogP contribution in [0, 0.1) is 0 Å². The zero-order valence-corrected chi connectivity index (χ0v) is 39.9. The summed E-state index contributed by atoms with van der Waals surface area (Å²) in [6, 6.07) is -1.03. The number of aliphatic hydroxyl groups is 5. The highest BCUT2D eigenvalue weighted by Gasteiger charge is 2.48. The molecule has 0 radical (unpaired) electrons. The molecule has 1 aliphatic heterocycles. The Bertz CT molecular complexity index is 1180. The summed E-state index contributed by atoms with van der Waals surface area (Å²) in [5.74, 6) is -0.673. The highest BCUT2D eigenvalue weighted by molar-refractivity contribution is 7.80. The first-order valence-corrected chi connectivity index (χ1v) is 26.5. The van der Waals surface area contributed by atoms with Gasteiger partial charge in [0.25, 0.3) is 0 Å². The van der Waals surface area contributed by atoms with Gasteiger partial charge in [0.05, 0.1) is 25.4 Å². The standard InChI is InChI=1S/C48H93NO12S/c1-3-5-7-9-11-13-15-17-19-20-21-22-23-25-26-28-30-32-34-36-41(51)40(39-59-48-45(54)46(61-62(56,57)58)44(53)43(38-50)60-48)49-47(55)42(52)37-35-33-31-29-27-24-18-16-14-12-10-8-6-4-2/h14,16,40-46,48,50-54H,3-13,15,17-39H2,1-2H3,(H,49,55)(H,56,57,58)/b16-14-. The third-order valence-electron chi connectivity index (χ3n) is 12.2. The molecule has 0 aromatic carbocycles. The number of allylic oxidation sites excluding steroid dienone is 2. The van der Waals surface area contributed by atoms with Gasteiger partial charge in [-0.15, -0.1) is 0 Å². The third-order valence-corrected chi connectivity index (χ3v) is 12.6. The van der Waals surface area contributed by atoms with E-state index in [9.17, 15) is 43.3 Å². The lowest BCUT2D eigenvalue weighted by atomic mass is 9.99. The Morgan fingerprint density at radius 2 is 1.03 bits per heavy atom. The van der Waals surface area contributed by atoms with Crippen LogP contribution in [0.4, 0.5) is 0 Å². The zero-order valence-electron chi connectivity index (χ0n) is 39.1. The van der Waals surface area contributed by atoms with Crippen molar-refractivity contribution >= 4 is 16.3 Å². The van der Waals surface area contributed by atoms with E-state index in [0.29, 0.717) is 19.3 Å². The molecule has 8 unspecified atom stereocenters. The van der Waals surface area contributed by atoms with E-state index in [2.05, 4.69) is 35.5 Å². The highest BCUT2D eigenvalue weighted by atomic mass is 32.3. The highest BCUT2D eigenvalue weighted by Crippen LogP contribution is 2.26. The fraction of sp³-hybridized carbons (Fsp3) is 0.938. The molecule has 0 aromatic heterocycles. The molecule has 8 atom stereocenters. The van der Waals surface area contributed by atoms with Crippen molar-refractivity contribution in [1.29, 1.82) is 0 Å². The van der Waals surface area contributed by atoms with Crippen molar-refractivity contribution in [2.75, 3.05) is 13.2 Å². The van der Waals surface area contributed by atoms with Crippen LogP contribution in [0.3, 0.4) is 0 Å². The lowest BCUT2D eigenvalue weighted by Gasteiger charge is -2.41. The van der Waals surface area contributed by atoms with Gasteiger partial charge in [-0.3, -0.25) is 9.35 Å². The topological polar surface area (TPSA) is 212 Å². The van der Waals surface area contributed by atoms with Crippen molar-refractivity contribution in [3.63, 3.8) is 0 Å². The Hall–Kier alpha value is -1.20. The SMILES string of the molecule is CCCCCC/C=C\CCCCCCCCC(O)C(=O)NC(COC1OC(CO)C(O)C(OS(=O)(=O)O)C1O)C(O)CCCCCCCCCCCCCCCCCCCCC. The normalized spacial score (nSPS) is 21.1. The maximum Gasteiger partial charge on any atom is 0.397 e. The minimum Gasteiger partial charge on any atom is -0.394 e. The summed E-state index contributed by atoms with van der Waals surface area (Å²) < 4.78 is 47.7. The van der Waals surface area contributed by atoms with Crippen LogP contribution in [0.1, 0.15) is 226 Å². The van der Waals surface area contributed by atoms with Gasteiger partial charge in [-0.1, -0.05) is 199 Å². The summed E-state index contributed by atoms with van der Waals surface area (Å²) in [6.45, 7) is 3.28. The largest absolute Gasteiger partial charge is 0.397 e. The van der Waals surface area contributed by atoms with Gasteiger partial charge in [-0.05, 0) is 38.5 Å². The average molecular weight is 908 g/mol. The average Bonchev–Trinajstić information content (AvgIpc) is 3.24. The maximum absolute atomic E-state index is 13.1. The van der Waals surface area contributed by atoms with E-state index < -0.39 is 78.5 Å². The van der Waals surface area contributed by atoms with Gasteiger partial charge in [0, 0.05) is 0 Å². The number of rotatable bonds is 43. The molecular weight excluding hydrogens is 815 g/mol. The smallest absolute Gasteiger partial charge is 0.394 e. The van der Waals surface area contributed by atoms with Gasteiger partial charge in [0.15, 0.2) is 6.29 Å². The number of hydrogen-bond acceptors (Lipinski definition) is 11. The first kappa shape index (κ1) is 58.8. The summed E-state index contributed by atoms with van der Waals surface area (Å²) in [5, 5.41) is 55.5. The van der Waals surface area contributed by atoms with E-state index in [1.165, 1.54) is 122 Å². The van der Waals surface area contributed by atoms with Crippen LogP contribution >= 0.6 is 0 Å². The van der Waals surface area contributed by atoms with Crippen LogP contribution in [0.25, 0.3) is 0 Å². The van der Waals surface area contributed by atoms with Crippen LogP contribution in [-0.4, -0.2) is 107 Å². The molecule has 7 N–H and O–H groups in total. The molecule has 1 rings (SSSR count). The van der Waals surface area contributed by atoms with E-state index in [1.807, 2.05) is 0 Å². The summed E-state index contributed by atoms with van der Waals surface area (Å²) >= 11 is 0. The molecule has 1 aliphatic rings. The van der Waals surface area contributed by atoms with Crippen molar-refractivity contribution in [1.82, 2.24) is 5.32 Å². The Morgan fingerprint density at radius 3 is 1.47 bits per heavy atom. The second-order valence-corrected chi connectivity index (χ2v) is 18.9. The quantitative estimate of drug-likeness (QED) is 0.0173. The monoisotopic (exact) mass is 908 g/mol. The molecule has 0 aromatic rings. The maximum atomic E-state index is 13.1. The van der Waals surface area contributed by atoms with Crippen molar-refractivity contribution in [2.24, 2.45) is 0 Å². The number of nitrogens with one attached hydrogen (secondary N) is 1. The number of carbonyl (C=O) groups is 1. The van der Waals surface area contributed by atoms with Crippen LogP contribution in [0.5, 0.6) is 0 Å². The number of hydrogen-bond donors (Lipinski definition) is 7. The van der Waals surface area contributed by atoms with Gasteiger partial charge in [0.2, 0.25) is 5.91 Å². The number of aliphatic hydroxyl groups excluding tert-OH is 5. The molecule has 0 saturated carbocycles. The molecule has 1 heterocycles. The minimum atomic E-state index is -5.11. The summed E-state index contributed by atoms with van der Waals surface area (Å²) in [5.41, 5.74) is 0. The van der Waals surface area contributed by atoms with Crippen LogP contribution in [-0.2, 0) is 28.9 Å². The van der Waals surface area contributed by atoms with Gasteiger partial charge in [0.1, 0.15) is 30.5 Å². The van der Waals surface area contributed by atoms with E-state index in [-0.39, 0.29) is 6.42 Å². The first-order valence-electron chi connectivity index (χ1n) is 25.2. The van der Waals surface area contributed by atoms with Gasteiger partial charge < -0.3 is 40.3 Å². The second-order valence-electron chi connectivity index (χ2n) is 17.9. The molecule has 0 spiro atoms. The third kappa shape index (κ3) is 30.8. The summed E-state index contributed by atoms with van der Waals surface area (Å²) in [6.07, 6.45) is 31.0. The molecule has 62 heavy (non-hydrogen) atoms. The van der Waals surface area contributed by atoms with E-state index in [1.54, 1.807) is 0 Å². The van der Waals surface area contributed by atoms with E-state index >= 15 is 0 Å². The van der Waals surface area contributed by atoms with Gasteiger partial charge in [-0.2, -0.15) is 8.42 Å². The Labute approximate surface area is 377 Å². The molecule has 368 valence electrons. The number of unbranched alkanes of at least 4 members (excludes halogenated alkanes) is 28. The fourth-order valence-corrected chi connectivity index (χ4v) is 8.68. The number of carbonyl (C=O) groups excluding carboxylic acids is 1. The molecule has 0 bridgehead atoms. The molecule has 1 fully saturated rings. The summed E-state index contributed by atoms with van der Waals surface area (Å²) in [4.78, 5) is 13.1.